The predicted octanol–water partition coefficient (Wildman–Crippen LogP) is -0.748. The molecule has 0 bridgehead atoms. The second-order valence-corrected chi connectivity index (χ2v) is 3.93. The van der Waals surface area contributed by atoms with E-state index in [0.717, 1.165) is 26.1 Å². The number of carbonyl (C=O) groups excluding carboxylic acids is 1. The molecule has 0 saturated carbocycles. The van der Waals surface area contributed by atoms with E-state index in [1.165, 1.54) is 0 Å². The molecule has 1 rings (SSSR count). The third kappa shape index (κ3) is 5.71. The Morgan fingerprint density at radius 3 is 2.80 bits per heavy atom. The van der Waals surface area contributed by atoms with Gasteiger partial charge in [-0.15, -0.1) is 0 Å². The van der Waals surface area contributed by atoms with Gasteiger partial charge in [0.2, 0.25) is 5.91 Å². The van der Waals surface area contributed by atoms with Gasteiger partial charge >= 0.3 is 0 Å². The van der Waals surface area contributed by atoms with Gasteiger partial charge in [-0.25, -0.2) is 0 Å². The first-order chi connectivity index (χ1) is 7.18. The molecule has 0 aliphatic carbocycles. The monoisotopic (exact) mass is 216 g/mol. The normalized spacial score (nSPS) is 19.9. The number of carbonyl (C=O) groups is 1. The Morgan fingerprint density at radius 2 is 2.20 bits per heavy atom. The van der Waals surface area contributed by atoms with Crippen LogP contribution in [0.2, 0.25) is 0 Å². The number of aliphatic hydroxyl groups is 1. The minimum Gasteiger partial charge on any atom is -0.392 e. The maximum atomic E-state index is 11.4. The van der Waals surface area contributed by atoms with Crippen LogP contribution in [0, 0.1) is 0 Å². The molecule has 15 heavy (non-hydrogen) atoms. The van der Waals surface area contributed by atoms with Crippen molar-refractivity contribution in [2.45, 2.75) is 31.9 Å². The van der Waals surface area contributed by atoms with Crippen molar-refractivity contribution in [2.24, 2.45) is 0 Å². The Morgan fingerprint density at radius 1 is 1.53 bits per heavy atom. The number of ether oxygens (including phenoxy) is 1. The van der Waals surface area contributed by atoms with Crippen molar-refractivity contribution in [3.8, 4) is 0 Å². The highest BCUT2D eigenvalue weighted by Gasteiger charge is 2.15. The molecule has 1 unspecified atom stereocenters. The van der Waals surface area contributed by atoms with Crippen molar-refractivity contribution in [2.75, 3.05) is 26.3 Å². The molecule has 1 aliphatic heterocycles. The third-order valence-corrected chi connectivity index (χ3v) is 2.31. The van der Waals surface area contributed by atoms with E-state index in [-0.39, 0.29) is 18.5 Å². The van der Waals surface area contributed by atoms with E-state index in [4.69, 9.17) is 9.84 Å². The van der Waals surface area contributed by atoms with Crippen molar-refractivity contribution < 1.29 is 14.6 Å². The molecule has 1 heterocycles. The lowest BCUT2D eigenvalue weighted by atomic mass is 10.1. The van der Waals surface area contributed by atoms with Crippen LogP contribution in [0.3, 0.4) is 0 Å². The summed E-state index contributed by atoms with van der Waals surface area (Å²) in [6.45, 7) is 3.85. The average Bonchev–Trinajstić information content (AvgIpc) is 2.18. The second kappa shape index (κ2) is 6.76. The zero-order valence-electron chi connectivity index (χ0n) is 9.16. The van der Waals surface area contributed by atoms with E-state index in [1.807, 2.05) is 0 Å². The van der Waals surface area contributed by atoms with Crippen molar-refractivity contribution in [3.05, 3.63) is 0 Å². The summed E-state index contributed by atoms with van der Waals surface area (Å²) in [5, 5.41) is 14.8. The van der Waals surface area contributed by atoms with Gasteiger partial charge in [0.25, 0.3) is 0 Å². The Labute approximate surface area is 90.2 Å². The zero-order valence-corrected chi connectivity index (χ0v) is 9.16. The molecule has 0 aromatic carbocycles. The highest BCUT2D eigenvalue weighted by molar-refractivity contribution is 5.78. The maximum absolute atomic E-state index is 11.4. The fraction of sp³-hybridized carbons (Fsp3) is 0.900. The number of rotatable bonds is 5. The number of amides is 1. The minimum atomic E-state index is -0.416. The fourth-order valence-electron chi connectivity index (χ4n) is 1.52. The van der Waals surface area contributed by atoms with Crippen LogP contribution in [-0.4, -0.2) is 49.5 Å². The van der Waals surface area contributed by atoms with Crippen LogP contribution in [0.15, 0.2) is 0 Å². The first kappa shape index (κ1) is 12.4. The summed E-state index contributed by atoms with van der Waals surface area (Å²) in [6.07, 6.45) is 1.37. The zero-order chi connectivity index (χ0) is 11.1. The van der Waals surface area contributed by atoms with Crippen molar-refractivity contribution >= 4 is 5.91 Å². The number of nitrogens with one attached hydrogen (secondary N) is 2. The molecule has 1 fully saturated rings. The van der Waals surface area contributed by atoms with Gasteiger partial charge in [0.05, 0.1) is 12.6 Å². The molecule has 3 N–H and O–H groups in total. The van der Waals surface area contributed by atoms with Crippen LogP contribution in [0.1, 0.15) is 19.8 Å². The molecular weight excluding hydrogens is 196 g/mol. The third-order valence-electron chi connectivity index (χ3n) is 2.31. The summed E-state index contributed by atoms with van der Waals surface area (Å²) in [7, 11) is 0. The SMILES string of the molecule is CC(O)CNCC(=O)NC1CCOCC1. The highest BCUT2D eigenvalue weighted by atomic mass is 16.5. The molecule has 1 saturated heterocycles. The molecule has 0 aromatic heterocycles. The van der Waals surface area contributed by atoms with E-state index < -0.39 is 6.10 Å². The second-order valence-electron chi connectivity index (χ2n) is 3.93. The molecule has 5 heteroatoms. The van der Waals surface area contributed by atoms with E-state index in [9.17, 15) is 4.79 Å². The van der Waals surface area contributed by atoms with Gasteiger partial charge in [0.15, 0.2) is 0 Å². The van der Waals surface area contributed by atoms with Crippen LogP contribution in [0.5, 0.6) is 0 Å². The number of aliphatic hydroxyl groups excluding tert-OH is 1. The molecule has 1 aliphatic rings. The summed E-state index contributed by atoms with van der Waals surface area (Å²) in [5.74, 6) is -0.0115. The van der Waals surface area contributed by atoms with Gasteiger partial charge in [0.1, 0.15) is 0 Å². The molecule has 1 amide bonds. The lowest BCUT2D eigenvalue weighted by Crippen LogP contribution is -2.43. The number of hydrogen-bond donors (Lipinski definition) is 3. The molecule has 1 atom stereocenters. The van der Waals surface area contributed by atoms with Gasteiger partial charge < -0.3 is 20.5 Å². The average molecular weight is 216 g/mol. The molecule has 0 aromatic rings. The van der Waals surface area contributed by atoms with Crippen molar-refractivity contribution in [1.82, 2.24) is 10.6 Å². The predicted molar refractivity (Wildman–Crippen MR) is 56.5 cm³/mol. The van der Waals surface area contributed by atoms with Gasteiger partial charge in [-0.05, 0) is 19.8 Å². The summed E-state index contributed by atoms with van der Waals surface area (Å²) in [6, 6.07) is 0.250. The van der Waals surface area contributed by atoms with Gasteiger partial charge in [0, 0.05) is 25.8 Å². The highest BCUT2D eigenvalue weighted by Crippen LogP contribution is 2.05. The van der Waals surface area contributed by atoms with Gasteiger partial charge in [-0.1, -0.05) is 0 Å². The van der Waals surface area contributed by atoms with Crippen LogP contribution in [0.4, 0.5) is 0 Å². The van der Waals surface area contributed by atoms with Crippen LogP contribution < -0.4 is 10.6 Å². The molecular formula is C10H20N2O3. The maximum Gasteiger partial charge on any atom is 0.234 e. The summed E-state index contributed by atoms with van der Waals surface area (Å²) < 4.78 is 5.19. The van der Waals surface area contributed by atoms with Crippen molar-refractivity contribution in [3.63, 3.8) is 0 Å². The lowest BCUT2D eigenvalue weighted by Gasteiger charge is -2.23. The Hall–Kier alpha value is -0.650. The molecule has 88 valence electrons. The molecule has 5 nitrogen and oxygen atoms in total. The van der Waals surface area contributed by atoms with Crippen LogP contribution >= 0.6 is 0 Å². The summed E-state index contributed by atoms with van der Waals surface area (Å²) >= 11 is 0. The first-order valence-corrected chi connectivity index (χ1v) is 5.44. The molecule has 0 spiro atoms. The summed E-state index contributed by atoms with van der Waals surface area (Å²) in [5.41, 5.74) is 0. The smallest absolute Gasteiger partial charge is 0.234 e. The Bertz CT molecular complexity index is 191. The van der Waals surface area contributed by atoms with E-state index >= 15 is 0 Å². The Balaban J connectivity index is 2.06. The Kier molecular flexibility index (Phi) is 5.60. The first-order valence-electron chi connectivity index (χ1n) is 5.44. The largest absolute Gasteiger partial charge is 0.392 e. The lowest BCUT2D eigenvalue weighted by molar-refractivity contribution is -0.121. The standard InChI is InChI=1S/C10H20N2O3/c1-8(13)6-11-7-10(14)12-9-2-4-15-5-3-9/h8-9,11,13H,2-7H2,1H3,(H,12,14). The van der Waals surface area contributed by atoms with Gasteiger partial charge in [-0.2, -0.15) is 0 Å². The number of hydrogen-bond acceptors (Lipinski definition) is 4. The van der Waals surface area contributed by atoms with Crippen molar-refractivity contribution in [1.29, 1.82) is 0 Å². The fourth-order valence-corrected chi connectivity index (χ4v) is 1.52. The summed E-state index contributed by atoms with van der Waals surface area (Å²) in [4.78, 5) is 11.4. The van der Waals surface area contributed by atoms with E-state index in [1.54, 1.807) is 6.92 Å². The topological polar surface area (TPSA) is 70.6 Å². The quantitative estimate of drug-likeness (QED) is 0.565. The minimum absolute atomic E-state index is 0.0115. The van der Waals surface area contributed by atoms with Crippen LogP contribution in [0.25, 0.3) is 0 Å². The van der Waals surface area contributed by atoms with Crippen LogP contribution in [-0.2, 0) is 9.53 Å². The van der Waals surface area contributed by atoms with E-state index in [0.29, 0.717) is 6.54 Å². The van der Waals surface area contributed by atoms with E-state index in [2.05, 4.69) is 10.6 Å². The van der Waals surface area contributed by atoms with Gasteiger partial charge in [-0.3, -0.25) is 4.79 Å². The molecule has 0 radical (unpaired) electrons.